The molecule has 8 heteroatoms. The number of furan rings is 1. The van der Waals surface area contributed by atoms with Gasteiger partial charge in [-0.25, -0.2) is 17.9 Å². The molecule has 0 bridgehead atoms. The van der Waals surface area contributed by atoms with Gasteiger partial charge < -0.3 is 9.15 Å². The first kappa shape index (κ1) is 19.0. The van der Waals surface area contributed by atoms with Crippen LogP contribution in [0.4, 0.5) is 0 Å². The number of aryl methyl sites for hydroxylation is 1. The molecule has 1 N–H and O–H groups in total. The van der Waals surface area contributed by atoms with Crippen LogP contribution in [0.15, 0.2) is 10.5 Å². The quantitative estimate of drug-likeness (QED) is 0.746. The molecule has 0 spiro atoms. The van der Waals surface area contributed by atoms with E-state index in [0.29, 0.717) is 30.5 Å². The number of hydrogen-bond acceptors (Lipinski definition) is 6. The monoisotopic (exact) mass is 358 g/mol. The second-order valence-corrected chi connectivity index (χ2v) is 8.08. The Morgan fingerprint density at radius 2 is 2.21 bits per heavy atom. The lowest BCUT2D eigenvalue weighted by Crippen LogP contribution is -2.41. The number of carbonyl (C=O) groups excluding carboxylic acids is 1. The van der Waals surface area contributed by atoms with Crippen molar-refractivity contribution in [1.29, 1.82) is 0 Å². The molecular formula is C16H26N2O5S. The summed E-state index contributed by atoms with van der Waals surface area (Å²) >= 11 is 0. The summed E-state index contributed by atoms with van der Waals surface area (Å²) in [5.41, 5.74) is 0.458. The van der Waals surface area contributed by atoms with Gasteiger partial charge in [0.15, 0.2) is 0 Å². The number of likely N-dealkylation sites (tertiary alicyclic amines) is 1. The number of nitrogens with one attached hydrogen (secondary N) is 1. The predicted octanol–water partition coefficient (Wildman–Crippen LogP) is 1.67. The molecule has 2 heterocycles. The zero-order valence-electron chi connectivity index (χ0n) is 14.5. The van der Waals surface area contributed by atoms with Crippen molar-refractivity contribution in [2.75, 3.05) is 26.5 Å². The summed E-state index contributed by atoms with van der Waals surface area (Å²) in [5.74, 6) is 0.898. The Labute approximate surface area is 143 Å². The van der Waals surface area contributed by atoms with E-state index in [0.717, 1.165) is 38.0 Å². The van der Waals surface area contributed by atoms with Gasteiger partial charge in [-0.2, -0.15) is 0 Å². The molecule has 0 aromatic carbocycles. The van der Waals surface area contributed by atoms with Gasteiger partial charge in [-0.05, 0) is 38.8 Å². The molecule has 1 saturated heterocycles. The van der Waals surface area contributed by atoms with Gasteiger partial charge in [0.1, 0.15) is 17.1 Å². The summed E-state index contributed by atoms with van der Waals surface area (Å²) in [6, 6.07) is 2.04. The van der Waals surface area contributed by atoms with Gasteiger partial charge in [0.25, 0.3) is 0 Å². The van der Waals surface area contributed by atoms with Crippen molar-refractivity contribution in [3.63, 3.8) is 0 Å². The third-order valence-corrected chi connectivity index (χ3v) is 5.05. The van der Waals surface area contributed by atoms with E-state index in [2.05, 4.69) is 9.62 Å². The molecule has 1 fully saturated rings. The van der Waals surface area contributed by atoms with Gasteiger partial charge in [0, 0.05) is 12.6 Å². The average Bonchev–Trinajstić information content (AvgIpc) is 2.87. The number of ether oxygens (including phenoxy) is 1. The molecule has 1 aliphatic rings. The molecule has 0 aliphatic carbocycles. The Balaban J connectivity index is 1.99. The highest BCUT2D eigenvalue weighted by Gasteiger charge is 2.24. The standard InChI is InChI=1S/C16H26N2O5S/c1-12-15(16(19)22-2)10-14(23-12)11-18-9-5-4-6-13(18)7-8-17-24(3,20)21/h10,13,17H,4-9,11H2,1-3H3. The number of esters is 1. The van der Waals surface area contributed by atoms with E-state index in [9.17, 15) is 13.2 Å². The highest BCUT2D eigenvalue weighted by molar-refractivity contribution is 7.88. The van der Waals surface area contributed by atoms with Gasteiger partial charge in [-0.1, -0.05) is 6.42 Å². The fourth-order valence-corrected chi connectivity index (χ4v) is 3.63. The first-order valence-electron chi connectivity index (χ1n) is 8.16. The van der Waals surface area contributed by atoms with Crippen LogP contribution in [-0.4, -0.2) is 51.8 Å². The lowest BCUT2D eigenvalue weighted by Gasteiger charge is -2.35. The van der Waals surface area contributed by atoms with Crippen molar-refractivity contribution < 1.29 is 22.4 Å². The molecule has 1 atom stereocenters. The maximum Gasteiger partial charge on any atom is 0.341 e. The second-order valence-electron chi connectivity index (χ2n) is 6.25. The number of piperidine rings is 1. The Kier molecular flexibility index (Phi) is 6.42. The van der Waals surface area contributed by atoms with Crippen LogP contribution in [0, 0.1) is 6.92 Å². The average molecular weight is 358 g/mol. The van der Waals surface area contributed by atoms with E-state index < -0.39 is 16.0 Å². The van der Waals surface area contributed by atoms with Crippen molar-refractivity contribution in [2.45, 2.75) is 45.2 Å². The first-order valence-corrected chi connectivity index (χ1v) is 10.1. The van der Waals surface area contributed by atoms with Crippen LogP contribution in [0.2, 0.25) is 0 Å². The van der Waals surface area contributed by atoms with Gasteiger partial charge in [-0.3, -0.25) is 4.90 Å². The van der Waals surface area contributed by atoms with E-state index in [-0.39, 0.29) is 0 Å². The zero-order valence-corrected chi connectivity index (χ0v) is 15.3. The zero-order chi connectivity index (χ0) is 17.7. The fraction of sp³-hybridized carbons (Fsp3) is 0.688. The summed E-state index contributed by atoms with van der Waals surface area (Å²) in [4.78, 5) is 14.0. The van der Waals surface area contributed by atoms with Gasteiger partial charge in [0.05, 0.1) is 19.9 Å². The Morgan fingerprint density at radius 1 is 1.46 bits per heavy atom. The maximum atomic E-state index is 11.7. The van der Waals surface area contributed by atoms with Crippen LogP contribution < -0.4 is 4.72 Å². The SMILES string of the molecule is COC(=O)c1cc(CN2CCCCC2CCNS(C)(=O)=O)oc1C. The highest BCUT2D eigenvalue weighted by atomic mass is 32.2. The second kappa shape index (κ2) is 8.13. The van der Waals surface area contributed by atoms with Crippen LogP contribution >= 0.6 is 0 Å². The Bertz CT molecular complexity index is 668. The smallest absolute Gasteiger partial charge is 0.341 e. The van der Waals surface area contributed by atoms with Gasteiger partial charge >= 0.3 is 5.97 Å². The summed E-state index contributed by atoms with van der Waals surface area (Å²) in [5, 5.41) is 0. The number of rotatable bonds is 7. The number of nitrogens with zero attached hydrogens (tertiary/aromatic N) is 1. The molecule has 0 amide bonds. The van der Waals surface area contributed by atoms with Gasteiger partial charge in [0.2, 0.25) is 10.0 Å². The maximum absolute atomic E-state index is 11.7. The van der Waals surface area contributed by atoms with E-state index in [1.165, 1.54) is 13.4 Å². The summed E-state index contributed by atoms with van der Waals surface area (Å²) in [7, 11) is -1.80. The van der Waals surface area contributed by atoms with Crippen molar-refractivity contribution >= 4 is 16.0 Å². The van der Waals surface area contributed by atoms with E-state index in [1.54, 1.807) is 13.0 Å². The molecule has 7 nitrogen and oxygen atoms in total. The number of methoxy groups -OCH3 is 1. The lowest BCUT2D eigenvalue weighted by atomic mass is 9.99. The van der Waals surface area contributed by atoms with Gasteiger partial charge in [-0.15, -0.1) is 0 Å². The van der Waals surface area contributed by atoms with Crippen LogP contribution in [0.3, 0.4) is 0 Å². The summed E-state index contributed by atoms with van der Waals surface area (Å²) in [6.45, 7) is 3.74. The molecule has 136 valence electrons. The minimum Gasteiger partial charge on any atom is -0.465 e. The normalized spacial score (nSPS) is 19.4. The van der Waals surface area contributed by atoms with E-state index in [4.69, 9.17) is 9.15 Å². The molecular weight excluding hydrogens is 332 g/mol. The molecule has 1 aliphatic heterocycles. The number of hydrogen-bond donors (Lipinski definition) is 1. The molecule has 24 heavy (non-hydrogen) atoms. The van der Waals surface area contributed by atoms with Crippen molar-refractivity contribution in [3.8, 4) is 0 Å². The minimum atomic E-state index is -3.15. The summed E-state index contributed by atoms with van der Waals surface area (Å²) < 4.78 is 35.4. The third kappa shape index (κ3) is 5.32. The Hall–Kier alpha value is -1.38. The van der Waals surface area contributed by atoms with Crippen LogP contribution in [0.1, 0.15) is 47.6 Å². The first-order chi connectivity index (χ1) is 11.3. The van der Waals surface area contributed by atoms with Crippen molar-refractivity contribution in [1.82, 2.24) is 9.62 Å². The Morgan fingerprint density at radius 3 is 2.88 bits per heavy atom. The molecule has 1 aromatic heterocycles. The highest BCUT2D eigenvalue weighted by Crippen LogP contribution is 2.24. The van der Waals surface area contributed by atoms with E-state index >= 15 is 0 Å². The molecule has 1 aromatic rings. The minimum absolute atomic E-state index is 0.306. The molecule has 1 unspecified atom stereocenters. The fourth-order valence-electron chi connectivity index (χ4n) is 3.14. The van der Waals surface area contributed by atoms with E-state index in [1.807, 2.05) is 0 Å². The van der Waals surface area contributed by atoms with Crippen LogP contribution in [-0.2, 0) is 21.3 Å². The summed E-state index contributed by atoms with van der Waals surface area (Å²) in [6.07, 6.45) is 5.22. The van der Waals surface area contributed by atoms with Crippen LogP contribution in [0.5, 0.6) is 0 Å². The lowest BCUT2D eigenvalue weighted by molar-refractivity contribution is 0.0599. The largest absolute Gasteiger partial charge is 0.465 e. The van der Waals surface area contributed by atoms with Crippen molar-refractivity contribution in [2.24, 2.45) is 0 Å². The molecule has 0 radical (unpaired) electrons. The number of sulfonamides is 1. The van der Waals surface area contributed by atoms with Crippen molar-refractivity contribution in [3.05, 3.63) is 23.2 Å². The predicted molar refractivity (Wildman–Crippen MR) is 90.3 cm³/mol. The molecule has 2 rings (SSSR count). The number of carbonyl (C=O) groups is 1. The molecule has 0 saturated carbocycles. The third-order valence-electron chi connectivity index (χ3n) is 4.32. The van der Waals surface area contributed by atoms with Crippen LogP contribution in [0.25, 0.3) is 0 Å². The topological polar surface area (TPSA) is 88.9 Å².